The summed E-state index contributed by atoms with van der Waals surface area (Å²) in [5, 5.41) is 18.0. The van der Waals surface area contributed by atoms with E-state index in [1.165, 1.54) is 24.3 Å². The summed E-state index contributed by atoms with van der Waals surface area (Å²) < 4.78 is 5.51. The fraction of sp³-hybridized carbons (Fsp3) is 0.0909. The predicted octanol–water partition coefficient (Wildman–Crippen LogP) is 3.79. The normalized spacial score (nSPS) is 10.3. The molecule has 0 atom stereocenters. The van der Waals surface area contributed by atoms with Crippen LogP contribution < -0.4 is 4.74 Å². The van der Waals surface area contributed by atoms with Crippen molar-refractivity contribution in [3.63, 3.8) is 0 Å². The number of halogens is 2. The van der Waals surface area contributed by atoms with Gasteiger partial charge in [0.2, 0.25) is 0 Å². The molecule has 1 heterocycles. The molecule has 2 rings (SSSR count). The highest BCUT2D eigenvalue weighted by molar-refractivity contribution is 6.32. The van der Waals surface area contributed by atoms with Gasteiger partial charge in [-0.05, 0) is 18.6 Å². The molecule has 0 N–H and O–H groups in total. The number of ether oxygens (including phenoxy) is 1. The van der Waals surface area contributed by atoms with Gasteiger partial charge in [0.05, 0.1) is 4.92 Å². The first kappa shape index (κ1) is 13.5. The number of nitrogens with zero attached hydrogens (tertiary/aromatic N) is 3. The second-order valence-electron chi connectivity index (χ2n) is 3.63. The summed E-state index contributed by atoms with van der Waals surface area (Å²) in [4.78, 5) is 10.2. The molecule has 6 nitrogen and oxygen atoms in total. The Hall–Kier alpha value is -1.92. The maximum atomic E-state index is 10.6. The number of aromatic nitrogens is 2. The number of benzene rings is 1. The van der Waals surface area contributed by atoms with E-state index in [1.54, 1.807) is 6.92 Å². The molecule has 8 heteroatoms. The molecule has 98 valence electrons. The molecule has 1 aromatic heterocycles. The number of hydrogen-bond acceptors (Lipinski definition) is 5. The number of aryl methyl sites for hydroxylation is 1. The van der Waals surface area contributed by atoms with Gasteiger partial charge in [-0.3, -0.25) is 10.1 Å². The molecule has 0 saturated heterocycles. The van der Waals surface area contributed by atoms with Gasteiger partial charge in [-0.2, -0.15) is 0 Å². The maximum Gasteiger partial charge on any atom is 0.269 e. The largest absolute Gasteiger partial charge is 0.454 e. The Morgan fingerprint density at radius 2 is 1.95 bits per heavy atom. The lowest BCUT2D eigenvalue weighted by Crippen LogP contribution is -1.94. The molecule has 0 radical (unpaired) electrons. The van der Waals surface area contributed by atoms with Crippen molar-refractivity contribution >= 4 is 28.9 Å². The molecule has 0 amide bonds. The highest BCUT2D eigenvalue weighted by Gasteiger charge is 2.12. The zero-order chi connectivity index (χ0) is 14.0. The highest BCUT2D eigenvalue weighted by Crippen LogP contribution is 2.32. The van der Waals surface area contributed by atoms with E-state index in [2.05, 4.69) is 10.2 Å². The Morgan fingerprint density at radius 3 is 2.58 bits per heavy atom. The molecule has 0 spiro atoms. The van der Waals surface area contributed by atoms with Crippen LogP contribution in [0, 0.1) is 17.0 Å². The van der Waals surface area contributed by atoms with Crippen molar-refractivity contribution in [1.29, 1.82) is 0 Å². The van der Waals surface area contributed by atoms with Gasteiger partial charge >= 0.3 is 0 Å². The van der Waals surface area contributed by atoms with E-state index in [0.29, 0.717) is 11.3 Å². The van der Waals surface area contributed by atoms with Gasteiger partial charge in [-0.25, -0.2) is 0 Å². The minimum absolute atomic E-state index is 0.0122. The molecule has 19 heavy (non-hydrogen) atoms. The molecule has 2 aromatic rings. The molecule has 0 aliphatic carbocycles. The van der Waals surface area contributed by atoms with Gasteiger partial charge < -0.3 is 4.74 Å². The topological polar surface area (TPSA) is 78.2 Å². The molecule has 0 aliphatic rings. The fourth-order valence-electron chi connectivity index (χ4n) is 1.39. The monoisotopic (exact) mass is 299 g/mol. The van der Waals surface area contributed by atoms with E-state index in [9.17, 15) is 10.1 Å². The van der Waals surface area contributed by atoms with Gasteiger partial charge in [0.25, 0.3) is 5.69 Å². The van der Waals surface area contributed by atoms with Crippen LogP contribution in [0.15, 0.2) is 24.3 Å². The van der Waals surface area contributed by atoms with Crippen molar-refractivity contribution in [3.05, 3.63) is 50.2 Å². The Bertz CT molecular complexity index is 649. The number of non-ortho nitro benzene ring substituents is 1. The summed E-state index contributed by atoms with van der Waals surface area (Å²) >= 11 is 11.5. The van der Waals surface area contributed by atoms with Crippen molar-refractivity contribution in [2.45, 2.75) is 6.92 Å². The Balaban J connectivity index is 2.33. The van der Waals surface area contributed by atoms with Crippen LogP contribution >= 0.6 is 23.2 Å². The van der Waals surface area contributed by atoms with E-state index in [-0.39, 0.29) is 21.7 Å². The lowest BCUT2D eigenvalue weighted by atomic mass is 10.2. The van der Waals surface area contributed by atoms with Crippen molar-refractivity contribution in [1.82, 2.24) is 10.2 Å². The molecule has 0 fully saturated rings. The zero-order valence-electron chi connectivity index (χ0n) is 9.63. The molecule has 0 unspecified atom stereocenters. The maximum absolute atomic E-state index is 10.6. The molecule has 0 aliphatic heterocycles. The molecular formula is C11H7Cl2N3O3. The Labute approximate surface area is 118 Å². The van der Waals surface area contributed by atoms with Crippen molar-refractivity contribution < 1.29 is 9.66 Å². The van der Waals surface area contributed by atoms with Crippen LogP contribution in [0.4, 0.5) is 5.69 Å². The summed E-state index contributed by atoms with van der Waals surface area (Å²) in [6.07, 6.45) is 0. The summed E-state index contributed by atoms with van der Waals surface area (Å²) in [6, 6.07) is 5.64. The minimum atomic E-state index is -0.478. The molecule has 0 bridgehead atoms. The first-order valence-corrected chi connectivity index (χ1v) is 5.84. The van der Waals surface area contributed by atoms with Crippen LogP contribution in [-0.2, 0) is 0 Å². The Kier molecular flexibility index (Phi) is 3.82. The third-order valence-corrected chi connectivity index (χ3v) is 2.72. The van der Waals surface area contributed by atoms with Crippen molar-refractivity contribution in [3.8, 4) is 11.5 Å². The van der Waals surface area contributed by atoms with E-state index in [0.717, 1.165) is 0 Å². The first-order chi connectivity index (χ1) is 8.97. The van der Waals surface area contributed by atoms with Gasteiger partial charge in [0.15, 0.2) is 16.1 Å². The van der Waals surface area contributed by atoms with Crippen molar-refractivity contribution in [2.75, 3.05) is 0 Å². The number of nitro groups is 1. The second kappa shape index (κ2) is 5.38. The SMILES string of the molecule is Cc1cc([N+](=O)[O-])ccc1Oc1cc(Cl)nnc1Cl. The average molecular weight is 300 g/mol. The summed E-state index contributed by atoms with van der Waals surface area (Å²) in [5.74, 6) is 0.662. The summed E-state index contributed by atoms with van der Waals surface area (Å²) in [5.41, 5.74) is 0.583. The molecular weight excluding hydrogens is 293 g/mol. The third kappa shape index (κ3) is 3.10. The first-order valence-electron chi connectivity index (χ1n) is 5.09. The standard InChI is InChI=1S/C11H7Cl2N3O3/c1-6-4-7(16(17)18)2-3-8(6)19-9-5-10(12)14-15-11(9)13/h2-5H,1H3. The predicted molar refractivity (Wildman–Crippen MR) is 70.0 cm³/mol. The van der Waals surface area contributed by atoms with Crippen LogP contribution in [0.5, 0.6) is 11.5 Å². The van der Waals surface area contributed by atoms with E-state index >= 15 is 0 Å². The smallest absolute Gasteiger partial charge is 0.269 e. The fourth-order valence-corrected chi connectivity index (χ4v) is 1.66. The number of nitro benzene ring substituents is 1. The van der Waals surface area contributed by atoms with Crippen LogP contribution in [0.25, 0.3) is 0 Å². The number of hydrogen-bond donors (Lipinski definition) is 0. The van der Waals surface area contributed by atoms with Crippen LogP contribution in [0.3, 0.4) is 0 Å². The lowest BCUT2D eigenvalue weighted by molar-refractivity contribution is -0.384. The van der Waals surface area contributed by atoms with Crippen LogP contribution in [0.1, 0.15) is 5.56 Å². The van der Waals surface area contributed by atoms with Crippen LogP contribution in [-0.4, -0.2) is 15.1 Å². The second-order valence-corrected chi connectivity index (χ2v) is 4.38. The summed E-state index contributed by atoms with van der Waals surface area (Å²) in [6.45, 7) is 1.69. The quantitative estimate of drug-likeness (QED) is 0.636. The minimum Gasteiger partial charge on any atom is -0.454 e. The van der Waals surface area contributed by atoms with Crippen LogP contribution in [0.2, 0.25) is 10.3 Å². The van der Waals surface area contributed by atoms with Gasteiger partial charge in [0.1, 0.15) is 5.75 Å². The lowest BCUT2D eigenvalue weighted by Gasteiger charge is -2.09. The Morgan fingerprint density at radius 1 is 1.21 bits per heavy atom. The highest BCUT2D eigenvalue weighted by atomic mass is 35.5. The van der Waals surface area contributed by atoms with E-state index in [1.807, 2.05) is 0 Å². The summed E-state index contributed by atoms with van der Waals surface area (Å²) in [7, 11) is 0. The van der Waals surface area contributed by atoms with Gasteiger partial charge in [0, 0.05) is 18.2 Å². The van der Waals surface area contributed by atoms with Gasteiger partial charge in [-0.15, -0.1) is 10.2 Å². The van der Waals surface area contributed by atoms with E-state index < -0.39 is 4.92 Å². The van der Waals surface area contributed by atoms with Crippen molar-refractivity contribution in [2.24, 2.45) is 0 Å². The van der Waals surface area contributed by atoms with E-state index in [4.69, 9.17) is 27.9 Å². The third-order valence-electron chi connectivity index (χ3n) is 2.28. The van der Waals surface area contributed by atoms with Gasteiger partial charge in [-0.1, -0.05) is 23.2 Å². The zero-order valence-corrected chi connectivity index (χ0v) is 11.1. The molecule has 1 aromatic carbocycles. The average Bonchev–Trinajstić information content (AvgIpc) is 2.36. The number of rotatable bonds is 3. The molecule has 0 saturated carbocycles.